The van der Waals surface area contributed by atoms with Crippen molar-refractivity contribution in [3.05, 3.63) is 29.3 Å². The summed E-state index contributed by atoms with van der Waals surface area (Å²) in [6.45, 7) is 3.66. The third-order valence-corrected chi connectivity index (χ3v) is 3.42. The van der Waals surface area contributed by atoms with E-state index >= 15 is 0 Å². The van der Waals surface area contributed by atoms with Crippen molar-refractivity contribution in [3.63, 3.8) is 0 Å². The standard InChI is InChI=1S/C15H14O4/c1-7-3-9-5-10(16)6-12(18)14(9)15-13(7)11(17)4-8(2)19-15/h3,5-6,8,16,18H,4H2,1-2H3/t8-/m1/s1. The minimum Gasteiger partial charge on any atom is -0.508 e. The molecule has 1 atom stereocenters. The van der Waals surface area contributed by atoms with Gasteiger partial charge in [0.2, 0.25) is 0 Å². The van der Waals surface area contributed by atoms with Crippen LogP contribution in [0.3, 0.4) is 0 Å². The summed E-state index contributed by atoms with van der Waals surface area (Å²) in [5.74, 6) is 0.365. The Morgan fingerprint density at radius 2 is 2.00 bits per heavy atom. The molecular weight excluding hydrogens is 244 g/mol. The van der Waals surface area contributed by atoms with Crippen LogP contribution in [0.4, 0.5) is 0 Å². The Labute approximate surface area is 110 Å². The number of ketones is 1. The van der Waals surface area contributed by atoms with E-state index in [2.05, 4.69) is 0 Å². The van der Waals surface area contributed by atoms with Crippen LogP contribution in [-0.4, -0.2) is 22.1 Å². The number of hydrogen-bond donors (Lipinski definition) is 2. The number of benzene rings is 2. The summed E-state index contributed by atoms with van der Waals surface area (Å²) >= 11 is 0. The van der Waals surface area contributed by atoms with Crippen LogP contribution in [0, 0.1) is 6.92 Å². The summed E-state index contributed by atoms with van der Waals surface area (Å²) in [7, 11) is 0. The van der Waals surface area contributed by atoms with Crippen LogP contribution < -0.4 is 4.74 Å². The highest BCUT2D eigenvalue weighted by Gasteiger charge is 2.28. The summed E-state index contributed by atoms with van der Waals surface area (Å²) in [6, 6.07) is 4.59. The lowest BCUT2D eigenvalue weighted by Gasteiger charge is -2.25. The van der Waals surface area contributed by atoms with Gasteiger partial charge in [-0.3, -0.25) is 4.79 Å². The highest BCUT2D eigenvalue weighted by molar-refractivity contribution is 6.09. The molecule has 0 amide bonds. The van der Waals surface area contributed by atoms with Crippen LogP contribution in [0.2, 0.25) is 0 Å². The molecule has 0 spiro atoms. The number of aromatic hydroxyl groups is 2. The number of carbonyl (C=O) groups excluding carboxylic acids is 1. The average molecular weight is 258 g/mol. The highest BCUT2D eigenvalue weighted by atomic mass is 16.5. The van der Waals surface area contributed by atoms with Crippen molar-refractivity contribution in [2.45, 2.75) is 26.4 Å². The van der Waals surface area contributed by atoms with E-state index in [4.69, 9.17) is 4.74 Å². The zero-order valence-electron chi connectivity index (χ0n) is 10.7. The molecule has 0 unspecified atom stereocenters. The van der Waals surface area contributed by atoms with Gasteiger partial charge < -0.3 is 14.9 Å². The minimum atomic E-state index is -0.210. The van der Waals surface area contributed by atoms with Gasteiger partial charge in [-0.15, -0.1) is 0 Å². The van der Waals surface area contributed by atoms with E-state index in [1.807, 2.05) is 13.8 Å². The Morgan fingerprint density at radius 3 is 2.74 bits per heavy atom. The maximum atomic E-state index is 12.1. The van der Waals surface area contributed by atoms with Crippen molar-refractivity contribution in [3.8, 4) is 17.2 Å². The molecule has 3 rings (SSSR count). The Balaban J connectivity index is 2.44. The lowest BCUT2D eigenvalue weighted by molar-refractivity contribution is 0.0873. The van der Waals surface area contributed by atoms with Crippen LogP contribution in [0.25, 0.3) is 10.8 Å². The Bertz CT molecular complexity index is 703. The van der Waals surface area contributed by atoms with Gasteiger partial charge in [-0.2, -0.15) is 0 Å². The number of aryl methyl sites for hydroxylation is 1. The van der Waals surface area contributed by atoms with Crippen molar-refractivity contribution < 1.29 is 19.7 Å². The number of phenolic OH excluding ortho intramolecular Hbond substituents is 2. The van der Waals surface area contributed by atoms with Gasteiger partial charge in [0.25, 0.3) is 0 Å². The maximum absolute atomic E-state index is 12.1. The molecule has 1 aliphatic heterocycles. The molecule has 0 saturated carbocycles. The Hall–Kier alpha value is -2.23. The van der Waals surface area contributed by atoms with Crippen LogP contribution >= 0.6 is 0 Å². The lowest BCUT2D eigenvalue weighted by Crippen LogP contribution is -2.25. The van der Waals surface area contributed by atoms with Crippen LogP contribution in [0.5, 0.6) is 17.2 Å². The molecule has 4 heteroatoms. The largest absolute Gasteiger partial charge is 0.508 e. The first kappa shape index (κ1) is 11.8. The van der Waals surface area contributed by atoms with Gasteiger partial charge in [-0.25, -0.2) is 0 Å². The van der Waals surface area contributed by atoms with Gasteiger partial charge >= 0.3 is 0 Å². The normalized spacial score (nSPS) is 18.2. The van der Waals surface area contributed by atoms with E-state index in [0.717, 1.165) is 5.56 Å². The van der Waals surface area contributed by atoms with E-state index in [9.17, 15) is 15.0 Å². The van der Waals surface area contributed by atoms with Crippen LogP contribution in [-0.2, 0) is 0 Å². The van der Waals surface area contributed by atoms with Crippen molar-refractivity contribution in [2.24, 2.45) is 0 Å². The number of hydrogen-bond acceptors (Lipinski definition) is 4. The fourth-order valence-electron chi connectivity index (χ4n) is 2.67. The highest BCUT2D eigenvalue weighted by Crippen LogP contribution is 2.43. The van der Waals surface area contributed by atoms with Crippen molar-refractivity contribution in [2.75, 3.05) is 0 Å². The first-order valence-electron chi connectivity index (χ1n) is 6.16. The van der Waals surface area contributed by atoms with Crippen molar-refractivity contribution in [1.29, 1.82) is 0 Å². The molecule has 0 radical (unpaired) electrons. The molecule has 0 aliphatic carbocycles. The summed E-state index contributed by atoms with van der Waals surface area (Å²) < 4.78 is 5.75. The zero-order valence-corrected chi connectivity index (χ0v) is 10.7. The molecular formula is C15H14O4. The average Bonchev–Trinajstić information content (AvgIpc) is 2.25. The molecule has 0 saturated heterocycles. The predicted molar refractivity (Wildman–Crippen MR) is 71.1 cm³/mol. The number of carbonyl (C=O) groups is 1. The second-order valence-corrected chi connectivity index (χ2v) is 5.02. The first-order valence-corrected chi connectivity index (χ1v) is 6.16. The van der Waals surface area contributed by atoms with Gasteiger partial charge in [0.05, 0.1) is 10.9 Å². The molecule has 98 valence electrons. The van der Waals surface area contributed by atoms with E-state index in [-0.39, 0.29) is 23.4 Å². The zero-order chi connectivity index (χ0) is 13.7. The molecule has 4 nitrogen and oxygen atoms in total. The third-order valence-electron chi connectivity index (χ3n) is 3.42. The Morgan fingerprint density at radius 1 is 1.26 bits per heavy atom. The molecule has 0 bridgehead atoms. The Kier molecular flexibility index (Phi) is 2.42. The molecule has 2 aromatic carbocycles. The van der Waals surface area contributed by atoms with E-state index in [0.29, 0.717) is 28.5 Å². The van der Waals surface area contributed by atoms with Gasteiger partial charge in [-0.1, -0.05) is 6.07 Å². The maximum Gasteiger partial charge on any atom is 0.170 e. The van der Waals surface area contributed by atoms with Crippen LogP contribution in [0.1, 0.15) is 29.3 Å². The predicted octanol–water partition coefficient (Wildman–Crippen LogP) is 2.91. The van der Waals surface area contributed by atoms with Gasteiger partial charge in [0.1, 0.15) is 23.4 Å². The molecule has 2 aromatic rings. The molecule has 1 aliphatic rings. The van der Waals surface area contributed by atoms with Gasteiger partial charge in [-0.05, 0) is 30.9 Å². The number of phenols is 2. The molecule has 2 N–H and O–H groups in total. The van der Waals surface area contributed by atoms with E-state index in [1.54, 1.807) is 12.1 Å². The second kappa shape index (κ2) is 3.88. The number of Topliss-reactive ketones (excluding diaryl/α,β-unsaturated/α-hetero) is 1. The number of rotatable bonds is 0. The third kappa shape index (κ3) is 1.71. The van der Waals surface area contributed by atoms with E-state index < -0.39 is 0 Å². The molecule has 1 heterocycles. The van der Waals surface area contributed by atoms with Gasteiger partial charge in [0, 0.05) is 12.5 Å². The van der Waals surface area contributed by atoms with Crippen molar-refractivity contribution >= 4 is 16.6 Å². The molecule has 0 fully saturated rings. The summed E-state index contributed by atoms with van der Waals surface area (Å²) in [4.78, 5) is 12.1. The fraction of sp³-hybridized carbons (Fsp3) is 0.267. The topological polar surface area (TPSA) is 66.8 Å². The number of fused-ring (bicyclic) bond motifs is 3. The minimum absolute atomic E-state index is 0.0143. The summed E-state index contributed by atoms with van der Waals surface area (Å²) in [6.07, 6.45) is 0.135. The summed E-state index contributed by atoms with van der Waals surface area (Å²) in [5, 5.41) is 20.7. The lowest BCUT2D eigenvalue weighted by atomic mass is 9.92. The quantitative estimate of drug-likeness (QED) is 0.762. The molecule has 19 heavy (non-hydrogen) atoms. The fourth-order valence-corrected chi connectivity index (χ4v) is 2.67. The van der Waals surface area contributed by atoms with Crippen LogP contribution in [0.15, 0.2) is 18.2 Å². The van der Waals surface area contributed by atoms with E-state index in [1.165, 1.54) is 6.07 Å². The first-order chi connectivity index (χ1) is 8.97. The number of ether oxygens (including phenoxy) is 1. The second-order valence-electron chi connectivity index (χ2n) is 5.02. The SMILES string of the molecule is Cc1cc2cc(O)cc(O)c2c2c1C(=O)C[C@@H](C)O2. The smallest absolute Gasteiger partial charge is 0.170 e. The summed E-state index contributed by atoms with van der Waals surface area (Å²) in [5.41, 5.74) is 1.33. The van der Waals surface area contributed by atoms with Gasteiger partial charge in [0.15, 0.2) is 5.78 Å². The van der Waals surface area contributed by atoms with Crippen molar-refractivity contribution in [1.82, 2.24) is 0 Å². The monoisotopic (exact) mass is 258 g/mol. The molecule has 0 aromatic heterocycles.